The molecule has 1 atom stereocenters. The van der Waals surface area contributed by atoms with Crippen molar-refractivity contribution in [2.24, 2.45) is 0 Å². The van der Waals surface area contributed by atoms with Crippen molar-refractivity contribution < 1.29 is 4.79 Å². The molecular formula is C20H20ClN5O. The standard InChI is InChI=1S/C20H20ClN5O/c21-17-8-6-15(7-9-17)13-25-14-18(23-24-25)20(27)26-11-2-1-5-19(26)16-4-3-10-22-12-16/h3-4,6-10,12,14,19H,1-2,5,11,13H2/t19-/m0/s1. The topological polar surface area (TPSA) is 63.9 Å². The minimum Gasteiger partial charge on any atom is -0.330 e. The Labute approximate surface area is 162 Å². The normalized spacial score (nSPS) is 17.1. The molecule has 0 spiro atoms. The zero-order chi connectivity index (χ0) is 18.6. The van der Waals surface area contributed by atoms with Gasteiger partial charge in [-0.25, -0.2) is 4.68 Å². The first-order chi connectivity index (χ1) is 13.2. The van der Waals surface area contributed by atoms with Crippen LogP contribution >= 0.6 is 11.6 Å². The summed E-state index contributed by atoms with van der Waals surface area (Å²) in [7, 11) is 0. The first kappa shape index (κ1) is 17.7. The van der Waals surface area contributed by atoms with Crippen LogP contribution in [0, 0.1) is 0 Å². The lowest BCUT2D eigenvalue weighted by Gasteiger charge is -2.35. The summed E-state index contributed by atoms with van der Waals surface area (Å²) in [5.74, 6) is -0.0779. The molecule has 138 valence electrons. The van der Waals surface area contributed by atoms with Gasteiger partial charge in [0.25, 0.3) is 5.91 Å². The number of pyridine rings is 1. The summed E-state index contributed by atoms with van der Waals surface area (Å²) in [5, 5.41) is 8.93. The van der Waals surface area contributed by atoms with Crippen LogP contribution in [0.1, 0.15) is 46.9 Å². The predicted octanol–water partition coefficient (Wildman–Crippen LogP) is 3.74. The Balaban J connectivity index is 1.51. The Bertz CT molecular complexity index is 910. The van der Waals surface area contributed by atoms with E-state index in [-0.39, 0.29) is 11.9 Å². The number of amides is 1. The molecule has 3 aromatic rings. The molecule has 0 unspecified atom stereocenters. The Morgan fingerprint density at radius 2 is 2.04 bits per heavy atom. The smallest absolute Gasteiger partial charge is 0.276 e. The summed E-state index contributed by atoms with van der Waals surface area (Å²) in [6.45, 7) is 1.27. The summed E-state index contributed by atoms with van der Waals surface area (Å²) in [6.07, 6.45) is 8.35. The molecule has 6 nitrogen and oxygen atoms in total. The monoisotopic (exact) mass is 381 g/mol. The first-order valence-corrected chi connectivity index (χ1v) is 9.44. The molecule has 7 heteroatoms. The number of piperidine rings is 1. The van der Waals surface area contributed by atoms with E-state index >= 15 is 0 Å². The highest BCUT2D eigenvalue weighted by Gasteiger charge is 2.30. The molecule has 1 aromatic carbocycles. The second kappa shape index (κ2) is 7.88. The van der Waals surface area contributed by atoms with Gasteiger partial charge >= 0.3 is 0 Å². The zero-order valence-electron chi connectivity index (χ0n) is 14.8. The van der Waals surface area contributed by atoms with Gasteiger partial charge in [-0.15, -0.1) is 5.10 Å². The van der Waals surface area contributed by atoms with E-state index in [2.05, 4.69) is 15.3 Å². The van der Waals surface area contributed by atoms with E-state index in [0.29, 0.717) is 17.3 Å². The SMILES string of the molecule is O=C(c1cn(Cc2ccc(Cl)cc2)nn1)N1CCCC[C@H]1c1cccnc1. The van der Waals surface area contributed by atoms with Gasteiger partial charge in [0.05, 0.1) is 18.8 Å². The molecule has 1 aliphatic heterocycles. The maximum Gasteiger partial charge on any atom is 0.276 e. The highest BCUT2D eigenvalue weighted by molar-refractivity contribution is 6.30. The van der Waals surface area contributed by atoms with Crippen LogP contribution in [0.5, 0.6) is 0 Å². The number of nitrogens with zero attached hydrogens (tertiary/aromatic N) is 5. The third-order valence-electron chi connectivity index (χ3n) is 4.85. The number of benzene rings is 1. The Hall–Kier alpha value is -2.73. The van der Waals surface area contributed by atoms with Crippen molar-refractivity contribution in [3.63, 3.8) is 0 Å². The van der Waals surface area contributed by atoms with Crippen LogP contribution in [0.3, 0.4) is 0 Å². The van der Waals surface area contributed by atoms with E-state index < -0.39 is 0 Å². The van der Waals surface area contributed by atoms with Crippen LogP contribution in [0.25, 0.3) is 0 Å². The van der Waals surface area contributed by atoms with Crippen LogP contribution in [0.4, 0.5) is 0 Å². The largest absolute Gasteiger partial charge is 0.330 e. The molecule has 1 fully saturated rings. The highest BCUT2D eigenvalue weighted by Crippen LogP contribution is 2.31. The lowest BCUT2D eigenvalue weighted by molar-refractivity contribution is 0.0605. The molecule has 1 aliphatic rings. The van der Waals surface area contributed by atoms with Crippen molar-refractivity contribution in [1.82, 2.24) is 24.9 Å². The molecule has 0 saturated carbocycles. The van der Waals surface area contributed by atoms with E-state index in [0.717, 1.165) is 36.9 Å². The van der Waals surface area contributed by atoms with E-state index in [1.807, 2.05) is 47.5 Å². The average molecular weight is 382 g/mol. The van der Waals surface area contributed by atoms with E-state index in [1.54, 1.807) is 17.1 Å². The third-order valence-corrected chi connectivity index (χ3v) is 5.10. The van der Waals surface area contributed by atoms with Gasteiger partial charge < -0.3 is 4.90 Å². The van der Waals surface area contributed by atoms with Crippen molar-refractivity contribution in [3.05, 3.63) is 76.8 Å². The molecule has 2 aromatic heterocycles. The maximum absolute atomic E-state index is 13.1. The van der Waals surface area contributed by atoms with Crippen LogP contribution in [-0.4, -0.2) is 37.3 Å². The van der Waals surface area contributed by atoms with E-state index in [9.17, 15) is 4.79 Å². The van der Waals surface area contributed by atoms with E-state index in [1.165, 1.54) is 0 Å². The van der Waals surface area contributed by atoms with Crippen molar-refractivity contribution >= 4 is 17.5 Å². The molecule has 3 heterocycles. The molecule has 27 heavy (non-hydrogen) atoms. The van der Waals surface area contributed by atoms with Crippen LogP contribution in [0.15, 0.2) is 55.0 Å². The Morgan fingerprint density at radius 1 is 1.19 bits per heavy atom. The molecule has 1 amide bonds. The van der Waals surface area contributed by atoms with Crippen LogP contribution in [0.2, 0.25) is 5.02 Å². The summed E-state index contributed by atoms with van der Waals surface area (Å²) in [4.78, 5) is 19.2. The fourth-order valence-corrected chi connectivity index (χ4v) is 3.62. The predicted molar refractivity (Wildman–Crippen MR) is 102 cm³/mol. The fourth-order valence-electron chi connectivity index (χ4n) is 3.49. The van der Waals surface area contributed by atoms with Crippen LogP contribution < -0.4 is 0 Å². The second-order valence-corrected chi connectivity index (χ2v) is 7.16. The van der Waals surface area contributed by atoms with Gasteiger partial charge in [-0.1, -0.05) is 35.0 Å². The molecule has 0 radical (unpaired) electrons. The number of halogens is 1. The lowest BCUT2D eigenvalue weighted by atomic mass is 9.96. The minimum atomic E-state index is -0.0779. The lowest BCUT2D eigenvalue weighted by Crippen LogP contribution is -2.38. The van der Waals surface area contributed by atoms with Gasteiger partial charge in [0.2, 0.25) is 0 Å². The molecule has 0 aliphatic carbocycles. The summed E-state index contributed by atoms with van der Waals surface area (Å²) >= 11 is 5.92. The highest BCUT2D eigenvalue weighted by atomic mass is 35.5. The van der Waals surface area contributed by atoms with Gasteiger partial charge in [-0.05, 0) is 48.6 Å². The third kappa shape index (κ3) is 4.01. The number of hydrogen-bond acceptors (Lipinski definition) is 4. The van der Waals surface area contributed by atoms with Gasteiger partial charge in [0, 0.05) is 24.0 Å². The van der Waals surface area contributed by atoms with Gasteiger partial charge in [-0.3, -0.25) is 9.78 Å². The van der Waals surface area contributed by atoms with Gasteiger partial charge in [0.15, 0.2) is 5.69 Å². The number of aromatic nitrogens is 4. The maximum atomic E-state index is 13.1. The number of rotatable bonds is 4. The number of carbonyl (C=O) groups is 1. The summed E-state index contributed by atoms with van der Waals surface area (Å²) in [6, 6.07) is 11.5. The van der Waals surface area contributed by atoms with E-state index in [4.69, 9.17) is 11.6 Å². The van der Waals surface area contributed by atoms with Crippen molar-refractivity contribution in [3.8, 4) is 0 Å². The van der Waals surface area contributed by atoms with Crippen molar-refractivity contribution in [1.29, 1.82) is 0 Å². The number of likely N-dealkylation sites (tertiary alicyclic amines) is 1. The zero-order valence-corrected chi connectivity index (χ0v) is 15.6. The van der Waals surface area contributed by atoms with Gasteiger partial charge in [-0.2, -0.15) is 0 Å². The van der Waals surface area contributed by atoms with Crippen LogP contribution in [-0.2, 0) is 6.54 Å². The van der Waals surface area contributed by atoms with Gasteiger partial charge in [0.1, 0.15) is 0 Å². The molecule has 0 bridgehead atoms. The summed E-state index contributed by atoms with van der Waals surface area (Å²) in [5.41, 5.74) is 2.49. The minimum absolute atomic E-state index is 0.0429. The Morgan fingerprint density at radius 3 is 2.81 bits per heavy atom. The number of carbonyl (C=O) groups excluding carboxylic acids is 1. The van der Waals surface area contributed by atoms with Crippen molar-refractivity contribution in [2.75, 3.05) is 6.54 Å². The molecular weight excluding hydrogens is 362 g/mol. The average Bonchev–Trinajstić information content (AvgIpc) is 3.18. The fraction of sp³-hybridized carbons (Fsp3) is 0.300. The molecule has 4 rings (SSSR count). The Kier molecular flexibility index (Phi) is 5.16. The number of hydrogen-bond donors (Lipinski definition) is 0. The second-order valence-electron chi connectivity index (χ2n) is 6.72. The molecule has 1 saturated heterocycles. The first-order valence-electron chi connectivity index (χ1n) is 9.06. The molecule has 0 N–H and O–H groups in total. The quantitative estimate of drug-likeness (QED) is 0.690. The summed E-state index contributed by atoms with van der Waals surface area (Å²) < 4.78 is 1.68. The van der Waals surface area contributed by atoms with Crippen molar-refractivity contribution in [2.45, 2.75) is 31.8 Å².